The van der Waals surface area contributed by atoms with E-state index < -0.39 is 32.1 Å². The van der Waals surface area contributed by atoms with Crippen molar-refractivity contribution in [3.8, 4) is 0 Å². The maximum absolute atomic E-state index is 14.1. The van der Waals surface area contributed by atoms with Gasteiger partial charge in [0.25, 0.3) is 20.0 Å². The summed E-state index contributed by atoms with van der Waals surface area (Å²) in [6.45, 7) is 6.37. The number of esters is 1. The van der Waals surface area contributed by atoms with E-state index >= 15 is 0 Å². The first-order valence-electron chi connectivity index (χ1n) is 13.8. The number of hydrogen-bond acceptors (Lipinski definition) is 6. The fraction of sp³-hybridized carbons (Fsp3) is 0.344. The second kappa shape index (κ2) is 13.1. The molecule has 0 heterocycles. The molecule has 4 rings (SSSR count). The molecule has 0 radical (unpaired) electrons. The van der Waals surface area contributed by atoms with Crippen molar-refractivity contribution in [1.82, 2.24) is 3.71 Å². The monoisotopic (exact) mass is 595 g/mol. The van der Waals surface area contributed by atoms with Crippen LogP contribution in [0.3, 0.4) is 0 Å². The topological polar surface area (TPSA) is 97.8 Å². The number of carbonyl (C=O) groups is 1. The van der Waals surface area contributed by atoms with E-state index in [1.54, 1.807) is 42.5 Å². The van der Waals surface area contributed by atoms with Crippen molar-refractivity contribution < 1.29 is 26.4 Å². The van der Waals surface area contributed by atoms with Crippen LogP contribution in [0.4, 0.5) is 0 Å². The van der Waals surface area contributed by atoms with E-state index in [9.17, 15) is 21.6 Å². The lowest BCUT2D eigenvalue weighted by atomic mass is 9.75. The van der Waals surface area contributed by atoms with Gasteiger partial charge in [0.2, 0.25) is 0 Å². The lowest BCUT2D eigenvalue weighted by Gasteiger charge is -2.36. The molecule has 2 unspecified atom stereocenters. The summed E-state index contributed by atoms with van der Waals surface area (Å²) in [7, 11) is -9.23. The molecule has 0 bridgehead atoms. The molecule has 0 N–H and O–H groups in total. The molecule has 9 heteroatoms. The van der Waals surface area contributed by atoms with Crippen LogP contribution in [0, 0.1) is 17.8 Å². The molecule has 3 aromatic rings. The number of rotatable bonds is 10. The first-order chi connectivity index (χ1) is 19.5. The molecule has 1 fully saturated rings. The van der Waals surface area contributed by atoms with E-state index in [0.29, 0.717) is 21.1 Å². The highest BCUT2D eigenvalue weighted by Crippen LogP contribution is 2.37. The molecule has 1 aliphatic rings. The van der Waals surface area contributed by atoms with Crippen LogP contribution in [-0.4, -0.2) is 32.6 Å². The minimum absolute atomic E-state index is 0.188. The SMILES string of the molecule is CC(C)C1CC[C@H](C)C[C@H]1OC(=O)/C=C/C(c1ccccc1)N(S(=O)(=O)c1ccccc1)S(=O)(=O)c1ccccc1. The zero-order chi connectivity index (χ0) is 29.6. The van der Waals surface area contributed by atoms with Crippen molar-refractivity contribution >= 4 is 26.0 Å². The lowest BCUT2D eigenvalue weighted by molar-refractivity contribution is -0.149. The number of carbonyl (C=O) groups excluding carboxylic acids is 1. The lowest BCUT2D eigenvalue weighted by Crippen LogP contribution is -2.39. The van der Waals surface area contributed by atoms with Crippen LogP contribution >= 0.6 is 0 Å². The summed E-state index contributed by atoms with van der Waals surface area (Å²) in [6.07, 6.45) is 4.99. The Hall–Kier alpha value is -3.27. The Balaban J connectivity index is 1.79. The zero-order valence-corrected chi connectivity index (χ0v) is 25.2. The Morgan fingerprint density at radius 3 is 1.78 bits per heavy atom. The van der Waals surface area contributed by atoms with Crippen LogP contribution in [0.2, 0.25) is 0 Å². The summed E-state index contributed by atoms with van der Waals surface area (Å²) in [6, 6.07) is 21.8. The van der Waals surface area contributed by atoms with Gasteiger partial charge in [0.05, 0.1) is 15.8 Å². The summed E-state index contributed by atoms with van der Waals surface area (Å²) in [5.41, 5.74) is 0.377. The third-order valence-electron chi connectivity index (χ3n) is 7.57. The second-order valence-electron chi connectivity index (χ2n) is 10.9. The average molecular weight is 596 g/mol. The van der Waals surface area contributed by atoms with E-state index in [-0.39, 0.29) is 21.8 Å². The molecule has 0 aromatic heterocycles. The quantitative estimate of drug-likeness (QED) is 0.200. The van der Waals surface area contributed by atoms with Gasteiger partial charge in [-0.3, -0.25) is 0 Å². The van der Waals surface area contributed by atoms with E-state index in [4.69, 9.17) is 4.74 Å². The van der Waals surface area contributed by atoms with E-state index in [2.05, 4.69) is 20.8 Å². The normalized spacial score (nSPS) is 20.8. The highest BCUT2D eigenvalue weighted by Gasteiger charge is 2.42. The van der Waals surface area contributed by atoms with E-state index in [0.717, 1.165) is 25.3 Å². The summed E-state index contributed by atoms with van der Waals surface area (Å²) in [5, 5.41) is 0. The van der Waals surface area contributed by atoms with Crippen LogP contribution in [0.1, 0.15) is 51.6 Å². The predicted molar refractivity (Wildman–Crippen MR) is 159 cm³/mol. The Morgan fingerprint density at radius 2 is 1.29 bits per heavy atom. The second-order valence-corrected chi connectivity index (χ2v) is 14.7. The number of sulfonamides is 2. The van der Waals surface area contributed by atoms with Gasteiger partial charge in [-0.1, -0.05) is 104 Å². The van der Waals surface area contributed by atoms with Crippen LogP contribution in [0.5, 0.6) is 0 Å². The number of hydrogen-bond donors (Lipinski definition) is 0. The fourth-order valence-electron chi connectivity index (χ4n) is 5.38. The molecule has 3 aromatic carbocycles. The molecule has 0 spiro atoms. The van der Waals surface area contributed by atoms with Crippen molar-refractivity contribution in [2.24, 2.45) is 17.8 Å². The third kappa shape index (κ3) is 7.15. The van der Waals surface area contributed by atoms with Gasteiger partial charge in [-0.05, 0) is 60.4 Å². The molecule has 7 nitrogen and oxygen atoms in total. The largest absolute Gasteiger partial charge is 0.459 e. The smallest absolute Gasteiger partial charge is 0.330 e. The van der Waals surface area contributed by atoms with E-state index in [1.165, 1.54) is 54.6 Å². The van der Waals surface area contributed by atoms with Gasteiger partial charge in [-0.15, -0.1) is 0 Å². The predicted octanol–water partition coefficient (Wildman–Crippen LogP) is 6.37. The summed E-state index contributed by atoms with van der Waals surface area (Å²) in [4.78, 5) is 12.8. The molecule has 41 heavy (non-hydrogen) atoms. The van der Waals surface area contributed by atoms with Crippen LogP contribution in [0.25, 0.3) is 0 Å². The number of ether oxygens (including phenoxy) is 1. The molecular formula is C32H37NO6S2. The van der Waals surface area contributed by atoms with E-state index in [1.807, 2.05) is 0 Å². The van der Waals surface area contributed by atoms with Gasteiger partial charge in [0.15, 0.2) is 0 Å². The van der Waals surface area contributed by atoms with Gasteiger partial charge in [0.1, 0.15) is 6.10 Å². The van der Waals surface area contributed by atoms with Crippen LogP contribution in [-0.2, 0) is 29.6 Å². The van der Waals surface area contributed by atoms with Gasteiger partial charge in [0, 0.05) is 6.08 Å². The zero-order valence-electron chi connectivity index (χ0n) is 23.5. The standard InChI is InChI=1S/C32H37NO6S2/c1-24(2)29-20-19-25(3)23-31(29)39-32(34)22-21-30(26-13-7-4-8-14-26)33(40(35,36)27-15-9-5-10-16-27)41(37,38)28-17-11-6-12-18-28/h4-18,21-22,24-25,29-31H,19-20,23H2,1-3H3/b22-21+/t25-,29?,30?,31+/m0/s1. The Bertz CT molecular complexity index is 1470. The summed E-state index contributed by atoms with van der Waals surface area (Å²) >= 11 is 0. The first kappa shape index (κ1) is 30.7. The molecule has 218 valence electrons. The number of nitrogens with zero attached hydrogens (tertiary/aromatic N) is 1. The van der Waals surface area contributed by atoms with Crippen molar-refractivity contribution in [3.05, 3.63) is 109 Å². The first-order valence-corrected chi connectivity index (χ1v) is 16.7. The Labute approximate surface area is 244 Å². The molecule has 1 aliphatic carbocycles. The highest BCUT2D eigenvalue weighted by atomic mass is 32.3. The fourth-order valence-corrected chi connectivity index (χ4v) is 9.33. The molecule has 1 saturated carbocycles. The van der Waals surface area contributed by atoms with Gasteiger partial charge >= 0.3 is 5.97 Å². The van der Waals surface area contributed by atoms with Crippen molar-refractivity contribution in [1.29, 1.82) is 0 Å². The van der Waals surface area contributed by atoms with Crippen molar-refractivity contribution in [2.45, 2.75) is 62.0 Å². The maximum atomic E-state index is 14.1. The average Bonchev–Trinajstić information content (AvgIpc) is 2.96. The Kier molecular flexibility index (Phi) is 9.84. The molecular weight excluding hydrogens is 558 g/mol. The summed E-state index contributed by atoms with van der Waals surface area (Å²) < 4.78 is 62.7. The highest BCUT2D eigenvalue weighted by molar-refractivity contribution is 8.04. The molecule has 0 aliphatic heterocycles. The van der Waals surface area contributed by atoms with Crippen LogP contribution in [0.15, 0.2) is 113 Å². The van der Waals surface area contributed by atoms with Gasteiger partial charge in [-0.2, -0.15) is 0 Å². The minimum Gasteiger partial charge on any atom is -0.459 e. The molecule has 0 saturated heterocycles. The van der Waals surface area contributed by atoms with Crippen LogP contribution < -0.4 is 0 Å². The number of benzene rings is 3. The van der Waals surface area contributed by atoms with Gasteiger partial charge in [-0.25, -0.2) is 21.6 Å². The minimum atomic E-state index is -4.61. The molecule has 0 amide bonds. The van der Waals surface area contributed by atoms with Gasteiger partial charge < -0.3 is 4.74 Å². The maximum Gasteiger partial charge on any atom is 0.330 e. The third-order valence-corrected chi connectivity index (χ3v) is 11.9. The van der Waals surface area contributed by atoms with Crippen molar-refractivity contribution in [3.63, 3.8) is 0 Å². The Morgan fingerprint density at radius 1 is 0.805 bits per heavy atom. The molecule has 4 atom stereocenters. The van der Waals surface area contributed by atoms with Crippen molar-refractivity contribution in [2.75, 3.05) is 0 Å². The summed E-state index contributed by atoms with van der Waals surface area (Å²) in [5.74, 6) is 0.349.